The number of aromatic nitrogens is 3. The Labute approximate surface area is 224 Å². The minimum atomic E-state index is -0.212. The van der Waals surface area contributed by atoms with Crippen LogP contribution in [-0.2, 0) is 0 Å². The molecule has 0 saturated carbocycles. The zero-order chi connectivity index (χ0) is 27.3. The zero-order valence-electron chi connectivity index (χ0n) is 23.1. The molecule has 0 bridgehead atoms. The highest BCUT2D eigenvalue weighted by molar-refractivity contribution is 6.05. The molecule has 4 rings (SSSR count). The number of ether oxygens (including phenoxy) is 1. The molecule has 4 N–H and O–H groups in total. The second kappa shape index (κ2) is 11.6. The molecule has 1 saturated heterocycles. The predicted octanol–water partition coefficient (Wildman–Crippen LogP) is 4.44. The molecule has 1 atom stereocenters. The number of benzene rings is 2. The van der Waals surface area contributed by atoms with Crippen LogP contribution in [-0.4, -0.2) is 60.7 Å². The first-order chi connectivity index (χ1) is 18.1. The van der Waals surface area contributed by atoms with Crippen molar-refractivity contribution in [1.29, 1.82) is 0 Å². The van der Waals surface area contributed by atoms with Crippen LogP contribution in [0.5, 0.6) is 5.75 Å². The van der Waals surface area contributed by atoms with Crippen LogP contribution in [0.25, 0.3) is 0 Å². The number of anilines is 5. The van der Waals surface area contributed by atoms with Crippen LogP contribution >= 0.6 is 0 Å². The van der Waals surface area contributed by atoms with Crippen molar-refractivity contribution in [3.8, 4) is 5.75 Å². The van der Waals surface area contributed by atoms with Crippen LogP contribution in [0.1, 0.15) is 43.1 Å². The average Bonchev–Trinajstić information content (AvgIpc) is 3.37. The first-order valence-electron chi connectivity index (χ1n) is 12.9. The lowest BCUT2D eigenvalue weighted by Crippen LogP contribution is -2.31. The molecular formula is C28H38N8O2. The lowest BCUT2D eigenvalue weighted by Gasteiger charge is -2.27. The summed E-state index contributed by atoms with van der Waals surface area (Å²) < 4.78 is 5.19. The highest BCUT2D eigenvalue weighted by Gasteiger charge is 2.20. The van der Waals surface area contributed by atoms with Crippen LogP contribution in [0, 0.1) is 12.3 Å². The van der Waals surface area contributed by atoms with Crippen molar-refractivity contribution >= 4 is 35.1 Å². The number of hydrogen-bond donors (Lipinski definition) is 4. The highest BCUT2D eigenvalue weighted by Crippen LogP contribution is 2.25. The average molecular weight is 519 g/mol. The van der Waals surface area contributed by atoms with E-state index in [0.29, 0.717) is 29.1 Å². The number of carbonyl (C=O) groups excluding carboxylic acids is 1. The molecule has 1 amide bonds. The van der Waals surface area contributed by atoms with E-state index in [2.05, 4.69) is 47.0 Å². The predicted molar refractivity (Wildman–Crippen MR) is 153 cm³/mol. The van der Waals surface area contributed by atoms with Crippen molar-refractivity contribution in [2.24, 2.45) is 5.41 Å². The molecule has 10 nitrogen and oxygen atoms in total. The van der Waals surface area contributed by atoms with Crippen LogP contribution in [0.15, 0.2) is 42.5 Å². The molecule has 0 unspecified atom stereocenters. The van der Waals surface area contributed by atoms with E-state index in [-0.39, 0.29) is 17.4 Å². The molecule has 1 aliphatic rings. The van der Waals surface area contributed by atoms with E-state index in [1.807, 2.05) is 31.0 Å². The Morgan fingerprint density at radius 2 is 1.84 bits per heavy atom. The van der Waals surface area contributed by atoms with Gasteiger partial charge in [-0.05, 0) is 67.3 Å². The molecule has 38 heavy (non-hydrogen) atoms. The van der Waals surface area contributed by atoms with Gasteiger partial charge in [0.1, 0.15) is 5.75 Å². The minimum absolute atomic E-state index is 0.0695. The fourth-order valence-electron chi connectivity index (χ4n) is 4.29. The van der Waals surface area contributed by atoms with Crippen molar-refractivity contribution in [2.75, 3.05) is 54.6 Å². The minimum Gasteiger partial charge on any atom is -0.497 e. The van der Waals surface area contributed by atoms with Crippen molar-refractivity contribution in [3.05, 3.63) is 53.6 Å². The summed E-state index contributed by atoms with van der Waals surface area (Å²) in [5.41, 5.74) is 2.98. The van der Waals surface area contributed by atoms with Crippen LogP contribution in [0.2, 0.25) is 0 Å². The first-order valence-corrected chi connectivity index (χ1v) is 12.9. The maximum atomic E-state index is 13.0. The molecule has 0 spiro atoms. The summed E-state index contributed by atoms with van der Waals surface area (Å²) in [6.45, 7) is 11.1. The van der Waals surface area contributed by atoms with Crippen LogP contribution in [0.3, 0.4) is 0 Å². The Hall–Kier alpha value is -3.92. The normalized spacial score (nSPS) is 15.2. The molecule has 2 heterocycles. The molecular weight excluding hydrogens is 480 g/mol. The molecule has 2 aromatic carbocycles. The lowest BCUT2D eigenvalue weighted by atomic mass is 9.96. The van der Waals surface area contributed by atoms with Crippen molar-refractivity contribution in [2.45, 2.75) is 40.2 Å². The van der Waals surface area contributed by atoms with Crippen LogP contribution < -0.4 is 30.9 Å². The number of carbonyl (C=O) groups is 1. The Kier molecular flexibility index (Phi) is 8.31. The fraction of sp³-hybridized carbons (Fsp3) is 0.429. The van der Waals surface area contributed by atoms with Gasteiger partial charge in [0.2, 0.25) is 17.8 Å². The second-order valence-electron chi connectivity index (χ2n) is 10.9. The number of nitrogens with one attached hydrogen (secondary N) is 4. The molecule has 202 valence electrons. The third-order valence-corrected chi connectivity index (χ3v) is 6.16. The van der Waals surface area contributed by atoms with Gasteiger partial charge in [-0.3, -0.25) is 4.79 Å². The SMILES string of the molecule is COc1ccc(NC(=O)c2ccc(C)c(Nc3nc(N[C@H]4CCNC4)nc(N(C)CC(C)(C)C)n3)c2)cc1. The van der Waals surface area contributed by atoms with Gasteiger partial charge in [0.15, 0.2) is 0 Å². The van der Waals surface area contributed by atoms with E-state index in [0.717, 1.165) is 43.1 Å². The van der Waals surface area contributed by atoms with E-state index in [4.69, 9.17) is 14.7 Å². The van der Waals surface area contributed by atoms with E-state index < -0.39 is 0 Å². The Morgan fingerprint density at radius 1 is 1.11 bits per heavy atom. The monoisotopic (exact) mass is 518 g/mol. The van der Waals surface area contributed by atoms with Gasteiger partial charge in [0.25, 0.3) is 5.91 Å². The number of nitrogens with zero attached hydrogens (tertiary/aromatic N) is 4. The van der Waals surface area contributed by atoms with Gasteiger partial charge in [-0.15, -0.1) is 0 Å². The Balaban J connectivity index is 1.57. The first kappa shape index (κ1) is 27.1. The Bertz CT molecular complexity index is 1250. The van der Waals surface area contributed by atoms with E-state index in [1.54, 1.807) is 37.4 Å². The highest BCUT2D eigenvalue weighted by atomic mass is 16.5. The number of amides is 1. The van der Waals surface area contributed by atoms with Gasteiger partial charge in [-0.25, -0.2) is 0 Å². The summed E-state index contributed by atoms with van der Waals surface area (Å²) in [5, 5.41) is 13.1. The third-order valence-electron chi connectivity index (χ3n) is 6.16. The van der Waals surface area contributed by atoms with Gasteiger partial charge in [-0.2, -0.15) is 15.0 Å². The Morgan fingerprint density at radius 3 is 2.50 bits per heavy atom. The molecule has 0 radical (unpaired) electrons. The maximum absolute atomic E-state index is 13.0. The molecule has 1 aliphatic heterocycles. The molecule has 1 fully saturated rings. The summed E-state index contributed by atoms with van der Waals surface area (Å²) in [5.74, 6) is 2.04. The quantitative estimate of drug-likeness (QED) is 0.326. The molecule has 0 aliphatic carbocycles. The van der Waals surface area contributed by atoms with Gasteiger partial charge < -0.3 is 30.9 Å². The number of aryl methyl sites for hydroxylation is 1. The van der Waals surface area contributed by atoms with Gasteiger partial charge in [-0.1, -0.05) is 26.8 Å². The maximum Gasteiger partial charge on any atom is 0.255 e. The van der Waals surface area contributed by atoms with Gasteiger partial charge in [0, 0.05) is 43.1 Å². The lowest BCUT2D eigenvalue weighted by molar-refractivity contribution is 0.102. The van der Waals surface area contributed by atoms with Crippen molar-refractivity contribution < 1.29 is 9.53 Å². The summed E-state index contributed by atoms with van der Waals surface area (Å²) in [6.07, 6.45) is 1.01. The topological polar surface area (TPSA) is 116 Å². The summed E-state index contributed by atoms with van der Waals surface area (Å²) in [6, 6.07) is 13.0. The van der Waals surface area contributed by atoms with Crippen molar-refractivity contribution in [1.82, 2.24) is 20.3 Å². The number of methoxy groups -OCH3 is 1. The fourth-order valence-corrected chi connectivity index (χ4v) is 4.29. The van der Waals surface area contributed by atoms with Gasteiger partial charge in [0.05, 0.1) is 7.11 Å². The summed E-state index contributed by atoms with van der Waals surface area (Å²) in [7, 11) is 3.60. The molecule has 3 aromatic rings. The van der Waals surface area contributed by atoms with Gasteiger partial charge >= 0.3 is 0 Å². The smallest absolute Gasteiger partial charge is 0.255 e. The summed E-state index contributed by atoms with van der Waals surface area (Å²) in [4.78, 5) is 29.1. The zero-order valence-corrected chi connectivity index (χ0v) is 23.1. The van der Waals surface area contributed by atoms with Crippen molar-refractivity contribution in [3.63, 3.8) is 0 Å². The second-order valence-corrected chi connectivity index (χ2v) is 10.9. The molecule has 10 heteroatoms. The third kappa shape index (κ3) is 7.32. The molecule has 1 aromatic heterocycles. The van der Waals surface area contributed by atoms with E-state index in [9.17, 15) is 4.79 Å². The van der Waals surface area contributed by atoms with E-state index >= 15 is 0 Å². The van der Waals surface area contributed by atoms with E-state index in [1.165, 1.54) is 0 Å². The largest absolute Gasteiger partial charge is 0.497 e. The number of hydrogen-bond acceptors (Lipinski definition) is 9. The summed E-state index contributed by atoms with van der Waals surface area (Å²) >= 11 is 0. The van der Waals surface area contributed by atoms with Crippen LogP contribution in [0.4, 0.5) is 29.2 Å². The standard InChI is InChI=1S/C28H38N8O2/c1-18-7-8-19(24(37)30-20-9-11-22(38-6)12-10-20)15-23(18)32-26-33-25(31-21-13-14-29-16-21)34-27(35-26)36(5)17-28(2,3)4/h7-12,15,21,29H,13-14,16-17H2,1-6H3,(H,30,37)(H2,31,32,33,34,35)/t21-/m0/s1. The number of rotatable bonds is 9.